The van der Waals surface area contributed by atoms with Gasteiger partial charge in [-0.25, -0.2) is 13.9 Å². The third kappa shape index (κ3) is 4.54. The molecule has 0 spiro atoms. The van der Waals surface area contributed by atoms with Crippen LogP contribution in [0.3, 0.4) is 0 Å². The Kier molecular flexibility index (Phi) is 6.19. The molecule has 1 aliphatic heterocycles. The van der Waals surface area contributed by atoms with Crippen LogP contribution >= 0.6 is 12.1 Å². The Balaban J connectivity index is 1.54. The number of carbonyl (C=O) groups is 1. The van der Waals surface area contributed by atoms with Gasteiger partial charge in [0.1, 0.15) is 11.5 Å². The number of amides is 1. The van der Waals surface area contributed by atoms with Crippen LogP contribution < -0.4 is 18.9 Å². The Morgan fingerprint density at radius 3 is 2.90 bits per heavy atom. The molecule has 4 rings (SSSR count). The summed E-state index contributed by atoms with van der Waals surface area (Å²) < 4.78 is 31.7. The minimum atomic E-state index is -0.556. The zero-order valence-corrected chi connectivity index (χ0v) is 17.6. The van der Waals surface area contributed by atoms with Crippen molar-refractivity contribution in [2.45, 2.75) is 19.5 Å². The van der Waals surface area contributed by atoms with Gasteiger partial charge in [0, 0.05) is 41.6 Å². The minimum Gasteiger partial charge on any atom is -0.437 e. The first kappa shape index (κ1) is 20.9. The summed E-state index contributed by atoms with van der Waals surface area (Å²) in [4.78, 5) is 14.2. The normalized spacial score (nSPS) is 15.3. The number of nitrogens with one attached hydrogen (secondary N) is 2. The van der Waals surface area contributed by atoms with Crippen molar-refractivity contribution < 1.29 is 18.7 Å². The van der Waals surface area contributed by atoms with Crippen molar-refractivity contribution in [2.75, 3.05) is 11.8 Å². The lowest BCUT2D eigenvalue weighted by atomic mass is 10.0. The molecule has 0 radical (unpaired) electrons. The molecule has 1 unspecified atom stereocenters. The highest BCUT2D eigenvalue weighted by Crippen LogP contribution is 2.39. The molecule has 1 aromatic heterocycles. The van der Waals surface area contributed by atoms with E-state index in [1.165, 1.54) is 4.90 Å². The van der Waals surface area contributed by atoms with Gasteiger partial charge in [-0.1, -0.05) is 12.1 Å². The number of aromatic nitrogens is 2. The molecular weight excluding hydrogens is 421 g/mol. The van der Waals surface area contributed by atoms with Crippen molar-refractivity contribution in [3.8, 4) is 17.4 Å². The van der Waals surface area contributed by atoms with Gasteiger partial charge in [0.05, 0.1) is 18.3 Å². The molecular formula is C21H20FN5O3S. The van der Waals surface area contributed by atoms with Crippen LogP contribution in [0.1, 0.15) is 24.1 Å². The van der Waals surface area contributed by atoms with Crippen LogP contribution in [0.25, 0.3) is 0 Å². The van der Waals surface area contributed by atoms with Crippen molar-refractivity contribution >= 4 is 23.9 Å². The number of carbonyl (C=O) groups excluding carboxylic acids is 1. The third-order valence-corrected chi connectivity index (χ3v) is 5.31. The summed E-state index contributed by atoms with van der Waals surface area (Å²) in [6.45, 7) is 1.95. The van der Waals surface area contributed by atoms with E-state index in [-0.39, 0.29) is 12.6 Å². The SMILES string of the molecule is CNSNc1cccc(CN2C(=O)Oc3cc(Oc4cccnn4)ccc3C2C)c1F. The van der Waals surface area contributed by atoms with E-state index in [0.29, 0.717) is 28.6 Å². The van der Waals surface area contributed by atoms with Gasteiger partial charge in [0.15, 0.2) is 5.82 Å². The van der Waals surface area contributed by atoms with E-state index in [2.05, 4.69) is 19.6 Å². The second-order valence-corrected chi connectivity index (χ2v) is 7.54. The van der Waals surface area contributed by atoms with Gasteiger partial charge >= 0.3 is 6.09 Å². The van der Waals surface area contributed by atoms with Gasteiger partial charge in [0.2, 0.25) is 5.88 Å². The monoisotopic (exact) mass is 441 g/mol. The van der Waals surface area contributed by atoms with Crippen molar-refractivity contribution in [1.29, 1.82) is 0 Å². The molecule has 0 fully saturated rings. The predicted octanol–water partition coefficient (Wildman–Crippen LogP) is 4.68. The number of hydrogen-bond acceptors (Lipinski definition) is 8. The van der Waals surface area contributed by atoms with E-state index < -0.39 is 11.9 Å². The molecule has 8 nitrogen and oxygen atoms in total. The van der Waals surface area contributed by atoms with Crippen LogP contribution in [0.15, 0.2) is 54.7 Å². The molecule has 2 N–H and O–H groups in total. The van der Waals surface area contributed by atoms with E-state index in [1.54, 1.807) is 55.7 Å². The summed E-state index contributed by atoms with van der Waals surface area (Å²) in [5, 5.41) is 7.64. The molecule has 3 aromatic rings. The van der Waals surface area contributed by atoms with Crippen LogP contribution in [0.4, 0.5) is 14.9 Å². The Hall–Kier alpha value is -3.37. The fourth-order valence-corrected chi connectivity index (χ4v) is 3.59. The zero-order chi connectivity index (χ0) is 21.8. The zero-order valence-electron chi connectivity index (χ0n) is 16.8. The number of anilines is 1. The lowest BCUT2D eigenvalue weighted by Gasteiger charge is -2.34. The highest BCUT2D eigenvalue weighted by atomic mass is 32.2. The maximum atomic E-state index is 14.9. The average Bonchev–Trinajstić information content (AvgIpc) is 2.77. The van der Waals surface area contributed by atoms with Crippen LogP contribution in [0.5, 0.6) is 17.4 Å². The average molecular weight is 441 g/mol. The van der Waals surface area contributed by atoms with Gasteiger partial charge in [-0.15, -0.1) is 5.10 Å². The second kappa shape index (κ2) is 9.19. The molecule has 160 valence electrons. The quantitative estimate of drug-likeness (QED) is 0.511. The highest BCUT2D eigenvalue weighted by molar-refractivity contribution is 7.98. The van der Waals surface area contributed by atoms with Crippen molar-refractivity contribution in [3.63, 3.8) is 0 Å². The molecule has 2 aromatic carbocycles. The first-order valence-corrected chi connectivity index (χ1v) is 10.3. The molecule has 31 heavy (non-hydrogen) atoms. The summed E-state index contributed by atoms with van der Waals surface area (Å²) in [7, 11) is 1.73. The lowest BCUT2D eigenvalue weighted by molar-refractivity contribution is 0.116. The van der Waals surface area contributed by atoms with Crippen LogP contribution in [-0.4, -0.2) is 28.2 Å². The maximum absolute atomic E-state index is 14.9. The maximum Gasteiger partial charge on any atom is 0.416 e. The van der Waals surface area contributed by atoms with Gasteiger partial charge < -0.3 is 14.2 Å². The fraction of sp³-hybridized carbons (Fsp3) is 0.190. The van der Waals surface area contributed by atoms with Gasteiger partial charge in [-0.05, 0) is 38.2 Å². The lowest BCUT2D eigenvalue weighted by Crippen LogP contribution is -2.39. The Morgan fingerprint density at radius 1 is 1.26 bits per heavy atom. The highest BCUT2D eigenvalue weighted by Gasteiger charge is 2.32. The number of halogens is 1. The number of benzene rings is 2. The fourth-order valence-electron chi connectivity index (χ4n) is 3.22. The first-order chi connectivity index (χ1) is 15.1. The van der Waals surface area contributed by atoms with E-state index in [4.69, 9.17) is 9.47 Å². The summed E-state index contributed by atoms with van der Waals surface area (Å²) >= 11 is 1.16. The summed E-state index contributed by atoms with van der Waals surface area (Å²) in [5.74, 6) is 0.791. The molecule has 0 aliphatic carbocycles. The van der Waals surface area contributed by atoms with Gasteiger partial charge in [-0.3, -0.25) is 4.90 Å². The molecule has 1 atom stereocenters. The standard InChI is InChI=1S/C21H20FN5O3S/c1-13-16-9-8-15(29-19-7-4-10-24-25-19)11-18(16)30-21(28)27(13)12-14-5-3-6-17(20(14)22)26-31-23-2/h3-11,13,23,26H,12H2,1-2H3. The Labute approximate surface area is 183 Å². The van der Waals surface area contributed by atoms with Gasteiger partial charge in [0.25, 0.3) is 0 Å². The third-order valence-electron chi connectivity index (χ3n) is 4.79. The second-order valence-electron chi connectivity index (χ2n) is 6.72. The van der Waals surface area contributed by atoms with Gasteiger partial charge in [-0.2, -0.15) is 5.10 Å². The van der Waals surface area contributed by atoms with Crippen molar-refractivity contribution in [2.24, 2.45) is 0 Å². The number of ether oxygens (including phenoxy) is 2. The number of fused-ring (bicyclic) bond motifs is 1. The molecule has 2 heterocycles. The summed E-state index contributed by atoms with van der Waals surface area (Å²) in [6, 6.07) is 13.3. The van der Waals surface area contributed by atoms with Crippen LogP contribution in [0.2, 0.25) is 0 Å². The molecule has 0 bridgehead atoms. The largest absolute Gasteiger partial charge is 0.437 e. The van der Waals surface area contributed by atoms with Crippen LogP contribution in [0, 0.1) is 5.82 Å². The van der Waals surface area contributed by atoms with Crippen molar-refractivity contribution in [3.05, 3.63) is 71.7 Å². The molecule has 0 saturated carbocycles. The first-order valence-electron chi connectivity index (χ1n) is 9.50. The molecule has 0 saturated heterocycles. The number of hydrogen-bond donors (Lipinski definition) is 2. The minimum absolute atomic E-state index is 0.0723. The van der Waals surface area contributed by atoms with Crippen molar-refractivity contribution in [1.82, 2.24) is 19.8 Å². The smallest absolute Gasteiger partial charge is 0.416 e. The Bertz CT molecular complexity index is 1090. The summed E-state index contributed by atoms with van der Waals surface area (Å²) in [5.41, 5.74) is 1.52. The summed E-state index contributed by atoms with van der Waals surface area (Å²) in [6.07, 6.45) is 0.991. The molecule has 1 amide bonds. The molecule has 10 heteroatoms. The molecule has 1 aliphatic rings. The van der Waals surface area contributed by atoms with E-state index in [9.17, 15) is 9.18 Å². The van der Waals surface area contributed by atoms with E-state index in [1.807, 2.05) is 13.0 Å². The number of rotatable bonds is 7. The van der Waals surface area contributed by atoms with E-state index >= 15 is 0 Å². The van der Waals surface area contributed by atoms with Crippen LogP contribution in [-0.2, 0) is 6.54 Å². The Morgan fingerprint density at radius 2 is 2.13 bits per heavy atom. The van der Waals surface area contributed by atoms with E-state index in [0.717, 1.165) is 17.7 Å². The predicted molar refractivity (Wildman–Crippen MR) is 115 cm³/mol. The number of nitrogens with zero attached hydrogens (tertiary/aromatic N) is 3. The topological polar surface area (TPSA) is 88.6 Å².